The minimum atomic E-state index is -0.604. The smallest absolute Gasteiger partial charge is 0.248 e. The monoisotopic (exact) mass is 279 g/mol. The number of hydrogen-bond acceptors (Lipinski definition) is 3. The number of halogens is 1. The highest BCUT2D eigenvalue weighted by molar-refractivity contribution is 5.92. The molecule has 0 aliphatic carbocycles. The molecule has 1 heterocycles. The van der Waals surface area contributed by atoms with E-state index in [4.69, 9.17) is 11.5 Å². The minimum absolute atomic E-state index is 0.210. The lowest BCUT2D eigenvalue weighted by atomic mass is 9.91. The van der Waals surface area contributed by atoms with E-state index in [0.29, 0.717) is 18.0 Å². The molecule has 0 spiro atoms. The molecule has 1 atom stereocenters. The average Bonchev–Trinajstić information content (AvgIpc) is 2.41. The van der Waals surface area contributed by atoms with Crippen LogP contribution in [0.1, 0.15) is 35.7 Å². The number of benzene rings is 1. The molecule has 5 heteroatoms. The summed E-state index contributed by atoms with van der Waals surface area (Å²) in [5.41, 5.74) is 11.9. The Labute approximate surface area is 118 Å². The fraction of sp³-hybridized carbons (Fsp3) is 0.533. The van der Waals surface area contributed by atoms with E-state index in [1.807, 2.05) is 6.92 Å². The first-order chi connectivity index (χ1) is 9.47. The van der Waals surface area contributed by atoms with E-state index < -0.39 is 5.91 Å². The number of amides is 1. The van der Waals surface area contributed by atoms with E-state index in [1.165, 1.54) is 6.07 Å². The molecular formula is C15H22FN3O. The molecule has 110 valence electrons. The molecule has 4 N–H and O–H groups in total. The maximum Gasteiger partial charge on any atom is 0.248 e. The molecule has 1 unspecified atom stereocenters. The second kappa shape index (κ2) is 6.33. The molecule has 4 nitrogen and oxygen atoms in total. The van der Waals surface area contributed by atoms with Gasteiger partial charge in [0.2, 0.25) is 5.91 Å². The lowest BCUT2D eigenvalue weighted by Gasteiger charge is -2.33. The molecule has 2 rings (SSSR count). The Morgan fingerprint density at radius 3 is 2.60 bits per heavy atom. The first kappa shape index (κ1) is 14.9. The molecule has 1 amide bonds. The van der Waals surface area contributed by atoms with E-state index >= 15 is 0 Å². The number of carbonyl (C=O) groups is 1. The molecule has 1 saturated heterocycles. The van der Waals surface area contributed by atoms with Crippen LogP contribution < -0.4 is 11.5 Å². The predicted molar refractivity (Wildman–Crippen MR) is 76.6 cm³/mol. The summed E-state index contributed by atoms with van der Waals surface area (Å²) in [6.07, 6.45) is 2.11. The van der Waals surface area contributed by atoms with E-state index in [2.05, 4.69) is 4.90 Å². The van der Waals surface area contributed by atoms with E-state index in [9.17, 15) is 9.18 Å². The molecule has 1 aliphatic rings. The molecule has 1 aliphatic heterocycles. The van der Waals surface area contributed by atoms with Crippen molar-refractivity contribution >= 4 is 5.91 Å². The minimum Gasteiger partial charge on any atom is -0.366 e. The Bertz CT molecular complexity index is 482. The summed E-state index contributed by atoms with van der Waals surface area (Å²) in [6, 6.07) is 4.67. The summed E-state index contributed by atoms with van der Waals surface area (Å²) in [4.78, 5) is 13.2. The van der Waals surface area contributed by atoms with Gasteiger partial charge < -0.3 is 11.5 Å². The number of hydrogen-bond donors (Lipinski definition) is 2. The summed E-state index contributed by atoms with van der Waals surface area (Å²) in [7, 11) is 0. The molecule has 0 bridgehead atoms. The van der Waals surface area contributed by atoms with Gasteiger partial charge in [0.1, 0.15) is 5.82 Å². The predicted octanol–water partition coefficient (Wildman–Crippen LogP) is 1.48. The highest BCUT2D eigenvalue weighted by Crippen LogP contribution is 2.22. The second-order valence-electron chi connectivity index (χ2n) is 5.64. The van der Waals surface area contributed by atoms with Gasteiger partial charge in [-0.25, -0.2) is 4.39 Å². The van der Waals surface area contributed by atoms with Crippen LogP contribution in [0.15, 0.2) is 18.2 Å². The summed E-state index contributed by atoms with van der Waals surface area (Å²) < 4.78 is 13.9. The van der Waals surface area contributed by atoms with Crippen molar-refractivity contribution in [1.82, 2.24) is 4.90 Å². The Morgan fingerprint density at radius 1 is 1.45 bits per heavy atom. The van der Waals surface area contributed by atoms with Crippen LogP contribution in [0.4, 0.5) is 4.39 Å². The molecule has 20 heavy (non-hydrogen) atoms. The zero-order valence-electron chi connectivity index (χ0n) is 11.8. The maximum absolute atomic E-state index is 13.9. The van der Waals surface area contributed by atoms with Gasteiger partial charge in [-0.15, -0.1) is 0 Å². The highest BCUT2D eigenvalue weighted by Gasteiger charge is 2.22. The van der Waals surface area contributed by atoms with E-state index in [-0.39, 0.29) is 17.4 Å². The van der Waals surface area contributed by atoms with Gasteiger partial charge in [0.15, 0.2) is 0 Å². The topological polar surface area (TPSA) is 72.3 Å². The largest absolute Gasteiger partial charge is 0.366 e. The lowest BCUT2D eigenvalue weighted by molar-refractivity contribution is 0.0999. The molecule has 1 aromatic rings. The zero-order valence-corrected chi connectivity index (χ0v) is 11.8. The van der Waals surface area contributed by atoms with Crippen molar-refractivity contribution in [2.24, 2.45) is 17.4 Å². The van der Waals surface area contributed by atoms with Crippen LogP contribution in [-0.4, -0.2) is 29.9 Å². The van der Waals surface area contributed by atoms with Gasteiger partial charge in [0.05, 0.1) is 0 Å². The molecular weight excluding hydrogens is 257 g/mol. The third kappa shape index (κ3) is 3.55. The zero-order chi connectivity index (χ0) is 14.7. The van der Waals surface area contributed by atoms with Crippen LogP contribution in [-0.2, 0) is 6.54 Å². The molecule has 1 fully saturated rings. The van der Waals surface area contributed by atoms with Crippen LogP contribution in [0.25, 0.3) is 0 Å². The van der Waals surface area contributed by atoms with Gasteiger partial charge in [-0.05, 0) is 50.9 Å². The first-order valence-corrected chi connectivity index (χ1v) is 7.03. The van der Waals surface area contributed by atoms with E-state index in [0.717, 1.165) is 25.9 Å². The molecule has 0 radical (unpaired) electrons. The molecule has 0 saturated carbocycles. The summed E-state index contributed by atoms with van der Waals surface area (Å²) >= 11 is 0. The fourth-order valence-electron chi connectivity index (χ4n) is 2.71. The number of likely N-dealkylation sites (tertiary alicyclic amines) is 1. The SMILES string of the molecule is CC(N)C1CCN(Cc2ccc(C(N)=O)cc2F)CC1. The van der Waals surface area contributed by atoms with Crippen molar-refractivity contribution in [2.45, 2.75) is 32.4 Å². The van der Waals surface area contributed by atoms with E-state index in [1.54, 1.807) is 12.1 Å². The van der Waals surface area contributed by atoms with Crippen molar-refractivity contribution in [2.75, 3.05) is 13.1 Å². The van der Waals surface area contributed by atoms with Crippen LogP contribution in [0.2, 0.25) is 0 Å². The second-order valence-corrected chi connectivity index (χ2v) is 5.64. The molecule has 1 aromatic carbocycles. The van der Waals surface area contributed by atoms with Crippen LogP contribution in [0.5, 0.6) is 0 Å². The summed E-state index contributed by atoms with van der Waals surface area (Å²) in [6.45, 7) is 4.48. The first-order valence-electron chi connectivity index (χ1n) is 7.03. The third-order valence-corrected chi connectivity index (χ3v) is 4.11. The van der Waals surface area contributed by atoms with Crippen molar-refractivity contribution in [3.63, 3.8) is 0 Å². The normalized spacial score (nSPS) is 18.9. The number of nitrogens with zero attached hydrogens (tertiary/aromatic N) is 1. The number of primary amides is 1. The van der Waals surface area contributed by atoms with Crippen molar-refractivity contribution < 1.29 is 9.18 Å². The average molecular weight is 279 g/mol. The Balaban J connectivity index is 1.96. The number of nitrogens with two attached hydrogens (primary N) is 2. The van der Waals surface area contributed by atoms with Gasteiger partial charge in [0, 0.05) is 23.7 Å². The van der Waals surface area contributed by atoms with Gasteiger partial charge in [-0.2, -0.15) is 0 Å². The van der Waals surface area contributed by atoms with Crippen LogP contribution >= 0.6 is 0 Å². The van der Waals surface area contributed by atoms with Gasteiger partial charge in [0.25, 0.3) is 0 Å². The number of rotatable bonds is 4. The highest BCUT2D eigenvalue weighted by atomic mass is 19.1. The number of carbonyl (C=O) groups excluding carboxylic acids is 1. The summed E-state index contributed by atoms with van der Waals surface area (Å²) in [5, 5.41) is 0. The molecule has 0 aromatic heterocycles. The van der Waals surface area contributed by atoms with Gasteiger partial charge >= 0.3 is 0 Å². The Morgan fingerprint density at radius 2 is 2.10 bits per heavy atom. The van der Waals surface area contributed by atoms with Crippen molar-refractivity contribution in [3.8, 4) is 0 Å². The number of piperidine rings is 1. The quantitative estimate of drug-likeness (QED) is 0.877. The van der Waals surface area contributed by atoms with Crippen LogP contribution in [0.3, 0.4) is 0 Å². The van der Waals surface area contributed by atoms with Gasteiger partial charge in [-0.1, -0.05) is 6.07 Å². The van der Waals surface area contributed by atoms with Crippen molar-refractivity contribution in [3.05, 3.63) is 35.1 Å². The van der Waals surface area contributed by atoms with Crippen LogP contribution in [0, 0.1) is 11.7 Å². The fourth-order valence-corrected chi connectivity index (χ4v) is 2.71. The third-order valence-electron chi connectivity index (χ3n) is 4.11. The summed E-state index contributed by atoms with van der Waals surface area (Å²) in [5.74, 6) is -0.405. The van der Waals surface area contributed by atoms with Gasteiger partial charge in [-0.3, -0.25) is 9.69 Å². The Hall–Kier alpha value is -1.46. The Kier molecular flexibility index (Phi) is 4.73. The lowest BCUT2D eigenvalue weighted by Crippen LogP contribution is -2.39. The standard InChI is InChI=1S/C15H22FN3O/c1-10(17)11-4-6-19(7-5-11)9-13-3-2-12(15(18)20)8-14(13)16/h2-3,8,10-11H,4-7,9,17H2,1H3,(H2,18,20). The maximum atomic E-state index is 13.9. The van der Waals surface area contributed by atoms with Crippen molar-refractivity contribution in [1.29, 1.82) is 0 Å².